The number of benzene rings is 1. The molecule has 146 valence electrons. The highest BCUT2D eigenvalue weighted by Crippen LogP contribution is 2.34. The van der Waals surface area contributed by atoms with E-state index in [0.29, 0.717) is 35.0 Å². The Balaban J connectivity index is 1.65. The van der Waals surface area contributed by atoms with Gasteiger partial charge >= 0.3 is 6.18 Å². The summed E-state index contributed by atoms with van der Waals surface area (Å²) in [6.45, 7) is 2.23. The number of alkyl halides is 3. The third kappa shape index (κ3) is 4.82. The van der Waals surface area contributed by atoms with Crippen LogP contribution in [0.3, 0.4) is 0 Å². The van der Waals surface area contributed by atoms with Gasteiger partial charge in [0, 0.05) is 12.7 Å². The second-order valence-electron chi connectivity index (χ2n) is 5.73. The number of nitrogens with zero attached hydrogens (tertiary/aromatic N) is 3. The maximum absolute atomic E-state index is 12.7. The Morgan fingerprint density at radius 3 is 2.43 bits per heavy atom. The standard InChI is InChI=1S/C18H13Cl2F3N4O/c1-10-15(20)16(27-9-26-10)24-7-11-2-4-13(5-3-11)28-17-14(19)6-12(8-25-17)18(21,22)23/h2-6,8-9H,7H2,1H3,(H,24,26,27). The summed E-state index contributed by atoms with van der Waals surface area (Å²) in [4.78, 5) is 11.7. The van der Waals surface area contributed by atoms with Crippen LogP contribution in [0.15, 0.2) is 42.9 Å². The largest absolute Gasteiger partial charge is 0.438 e. The van der Waals surface area contributed by atoms with E-state index in [2.05, 4.69) is 20.3 Å². The zero-order chi connectivity index (χ0) is 20.3. The van der Waals surface area contributed by atoms with Crippen LogP contribution in [0.25, 0.3) is 0 Å². The van der Waals surface area contributed by atoms with Crippen LogP contribution >= 0.6 is 23.2 Å². The quantitative estimate of drug-likeness (QED) is 0.547. The third-order valence-corrected chi connectivity index (χ3v) is 4.42. The summed E-state index contributed by atoms with van der Waals surface area (Å²) in [7, 11) is 0. The Bertz CT molecular complexity index is 982. The Labute approximate surface area is 168 Å². The van der Waals surface area contributed by atoms with Crippen molar-refractivity contribution in [1.82, 2.24) is 15.0 Å². The van der Waals surface area contributed by atoms with Gasteiger partial charge in [-0.05, 0) is 30.7 Å². The van der Waals surface area contributed by atoms with Gasteiger partial charge in [0.25, 0.3) is 0 Å². The summed E-state index contributed by atoms with van der Waals surface area (Å²) in [6.07, 6.45) is -2.43. The first kappa shape index (κ1) is 20.2. The third-order valence-electron chi connectivity index (χ3n) is 3.70. The Morgan fingerprint density at radius 1 is 1.07 bits per heavy atom. The minimum absolute atomic E-state index is 0.108. The Hall–Kier alpha value is -2.58. The molecule has 1 aromatic carbocycles. The van der Waals surface area contributed by atoms with Crippen molar-refractivity contribution in [1.29, 1.82) is 0 Å². The van der Waals surface area contributed by atoms with E-state index >= 15 is 0 Å². The van der Waals surface area contributed by atoms with Gasteiger partial charge < -0.3 is 10.1 Å². The molecule has 0 radical (unpaired) electrons. The SMILES string of the molecule is Cc1ncnc(NCc2ccc(Oc3ncc(C(F)(F)F)cc3Cl)cc2)c1Cl. The molecule has 3 rings (SSSR count). The number of nitrogens with one attached hydrogen (secondary N) is 1. The first-order chi connectivity index (χ1) is 13.2. The van der Waals surface area contributed by atoms with E-state index in [1.165, 1.54) is 6.33 Å². The van der Waals surface area contributed by atoms with Crippen LogP contribution < -0.4 is 10.1 Å². The highest BCUT2D eigenvalue weighted by atomic mass is 35.5. The molecule has 0 atom stereocenters. The van der Waals surface area contributed by atoms with Crippen molar-refractivity contribution in [3.63, 3.8) is 0 Å². The van der Waals surface area contributed by atoms with Crippen molar-refractivity contribution in [2.45, 2.75) is 19.6 Å². The molecule has 0 aliphatic heterocycles. The molecule has 0 aliphatic rings. The summed E-state index contributed by atoms with van der Waals surface area (Å²) >= 11 is 12.0. The van der Waals surface area contributed by atoms with E-state index in [1.54, 1.807) is 31.2 Å². The summed E-state index contributed by atoms with van der Waals surface area (Å²) in [5, 5.41) is 3.33. The second kappa shape index (κ2) is 8.20. The topological polar surface area (TPSA) is 59.9 Å². The van der Waals surface area contributed by atoms with Crippen LogP contribution in [0.2, 0.25) is 10.0 Å². The van der Waals surface area contributed by atoms with Crippen LogP contribution in [0, 0.1) is 6.92 Å². The van der Waals surface area contributed by atoms with E-state index in [-0.39, 0.29) is 10.9 Å². The zero-order valence-corrected chi connectivity index (χ0v) is 15.9. The molecule has 0 saturated heterocycles. The van der Waals surface area contributed by atoms with Gasteiger partial charge in [-0.2, -0.15) is 13.2 Å². The molecule has 0 amide bonds. The van der Waals surface area contributed by atoms with Gasteiger partial charge in [0.05, 0.1) is 11.3 Å². The lowest BCUT2D eigenvalue weighted by Gasteiger charge is -2.11. The fourth-order valence-corrected chi connectivity index (χ4v) is 2.58. The first-order valence-electron chi connectivity index (χ1n) is 7.94. The molecule has 28 heavy (non-hydrogen) atoms. The second-order valence-corrected chi connectivity index (χ2v) is 6.52. The Morgan fingerprint density at radius 2 is 1.79 bits per heavy atom. The average Bonchev–Trinajstić information content (AvgIpc) is 2.65. The van der Waals surface area contributed by atoms with E-state index in [4.69, 9.17) is 27.9 Å². The number of rotatable bonds is 5. The first-order valence-corrected chi connectivity index (χ1v) is 8.70. The van der Waals surface area contributed by atoms with Gasteiger partial charge in [0.1, 0.15) is 27.9 Å². The smallest absolute Gasteiger partial charge is 0.417 e. The predicted octanol–water partition coefficient (Wildman–Crippen LogP) is 5.91. The van der Waals surface area contributed by atoms with Gasteiger partial charge in [0.15, 0.2) is 0 Å². The molecule has 1 N–H and O–H groups in total. The van der Waals surface area contributed by atoms with E-state index in [9.17, 15) is 13.2 Å². The lowest BCUT2D eigenvalue weighted by Crippen LogP contribution is -2.05. The van der Waals surface area contributed by atoms with Crippen molar-refractivity contribution < 1.29 is 17.9 Å². The zero-order valence-electron chi connectivity index (χ0n) is 14.4. The minimum Gasteiger partial charge on any atom is -0.438 e. The molecule has 0 saturated carbocycles. The van der Waals surface area contributed by atoms with Gasteiger partial charge in [-0.25, -0.2) is 15.0 Å². The van der Waals surface area contributed by atoms with Crippen LogP contribution in [0.5, 0.6) is 11.6 Å². The molecule has 5 nitrogen and oxygen atoms in total. The lowest BCUT2D eigenvalue weighted by molar-refractivity contribution is -0.137. The molecule has 0 spiro atoms. The minimum atomic E-state index is -4.52. The van der Waals surface area contributed by atoms with Gasteiger partial charge in [0.2, 0.25) is 5.88 Å². The van der Waals surface area contributed by atoms with E-state index in [1.807, 2.05) is 0 Å². The molecular weight excluding hydrogens is 416 g/mol. The van der Waals surface area contributed by atoms with E-state index < -0.39 is 11.7 Å². The molecule has 0 unspecified atom stereocenters. The molecule has 2 aromatic heterocycles. The number of aromatic nitrogens is 3. The average molecular weight is 429 g/mol. The van der Waals surface area contributed by atoms with Crippen molar-refractivity contribution in [2.75, 3.05) is 5.32 Å². The number of ether oxygens (including phenoxy) is 1. The van der Waals surface area contributed by atoms with Gasteiger partial charge in [-0.15, -0.1) is 0 Å². The van der Waals surface area contributed by atoms with Crippen LogP contribution in [-0.4, -0.2) is 15.0 Å². The highest BCUT2D eigenvalue weighted by molar-refractivity contribution is 6.33. The maximum Gasteiger partial charge on any atom is 0.417 e. The summed E-state index contributed by atoms with van der Waals surface area (Å²) in [6, 6.07) is 7.64. The summed E-state index contributed by atoms with van der Waals surface area (Å²) in [5.74, 6) is 0.799. The molecule has 2 heterocycles. The lowest BCUT2D eigenvalue weighted by atomic mass is 10.2. The van der Waals surface area contributed by atoms with Crippen molar-refractivity contribution >= 4 is 29.0 Å². The number of hydrogen-bond acceptors (Lipinski definition) is 5. The summed E-state index contributed by atoms with van der Waals surface area (Å²) in [5.41, 5.74) is 0.639. The number of pyridine rings is 1. The van der Waals surface area contributed by atoms with E-state index in [0.717, 1.165) is 11.6 Å². The fraction of sp³-hybridized carbons (Fsp3) is 0.167. The van der Waals surface area contributed by atoms with Crippen molar-refractivity contribution in [3.8, 4) is 11.6 Å². The molecular formula is C18H13Cl2F3N4O. The number of anilines is 1. The summed E-state index contributed by atoms with van der Waals surface area (Å²) < 4.78 is 43.4. The number of halogens is 5. The maximum atomic E-state index is 12.7. The Kier molecular flexibility index (Phi) is 5.90. The van der Waals surface area contributed by atoms with Crippen LogP contribution in [0.4, 0.5) is 19.0 Å². The van der Waals surface area contributed by atoms with Crippen LogP contribution in [-0.2, 0) is 12.7 Å². The van der Waals surface area contributed by atoms with Crippen molar-refractivity contribution in [2.24, 2.45) is 0 Å². The molecule has 0 aliphatic carbocycles. The van der Waals surface area contributed by atoms with Crippen molar-refractivity contribution in [3.05, 3.63) is 69.7 Å². The highest BCUT2D eigenvalue weighted by Gasteiger charge is 2.31. The normalized spacial score (nSPS) is 11.4. The van der Waals surface area contributed by atoms with Gasteiger partial charge in [-0.1, -0.05) is 35.3 Å². The number of hydrogen-bond donors (Lipinski definition) is 1. The van der Waals surface area contributed by atoms with Crippen LogP contribution in [0.1, 0.15) is 16.8 Å². The molecule has 0 bridgehead atoms. The fourth-order valence-electron chi connectivity index (χ4n) is 2.21. The monoisotopic (exact) mass is 428 g/mol. The molecule has 3 aromatic rings. The predicted molar refractivity (Wildman–Crippen MR) is 99.9 cm³/mol. The molecule has 10 heteroatoms. The molecule has 0 fully saturated rings. The van der Waals surface area contributed by atoms with Gasteiger partial charge in [-0.3, -0.25) is 0 Å². The number of aryl methyl sites for hydroxylation is 1.